The maximum Gasteiger partial charge on any atom is 0.266 e. The van der Waals surface area contributed by atoms with Crippen LogP contribution in [0.25, 0.3) is 11.4 Å². The molecule has 0 N–H and O–H groups in total. The molecule has 1 saturated heterocycles. The number of carbonyl (C=O) groups excluding carboxylic acids is 1. The maximum absolute atomic E-state index is 15.3. The fraction of sp³-hybridized carbons (Fsp3) is 0.471. The molecular formula is C17H20FN3O3. The summed E-state index contributed by atoms with van der Waals surface area (Å²) in [7, 11) is 0. The monoisotopic (exact) mass is 333 g/mol. The van der Waals surface area contributed by atoms with E-state index in [2.05, 4.69) is 10.1 Å². The van der Waals surface area contributed by atoms with Crippen LogP contribution in [-0.2, 0) is 15.2 Å². The molecule has 1 atom stereocenters. The number of aromatic nitrogens is 2. The zero-order chi connectivity index (χ0) is 17.0. The highest BCUT2D eigenvalue weighted by Gasteiger charge is 2.43. The Bertz CT molecular complexity index is 691. The topological polar surface area (TPSA) is 68.5 Å². The van der Waals surface area contributed by atoms with Crippen molar-refractivity contribution in [1.82, 2.24) is 15.0 Å². The van der Waals surface area contributed by atoms with Gasteiger partial charge >= 0.3 is 0 Å². The third-order valence-electron chi connectivity index (χ3n) is 4.07. The number of ether oxygens (including phenoxy) is 1. The Morgan fingerprint density at radius 3 is 2.96 bits per heavy atom. The largest absolute Gasteiger partial charge is 0.372 e. The first-order chi connectivity index (χ1) is 11.6. The molecule has 128 valence electrons. The first-order valence-electron chi connectivity index (χ1n) is 8.06. The lowest BCUT2D eigenvalue weighted by Crippen LogP contribution is -2.47. The molecule has 0 bridgehead atoms. The summed E-state index contributed by atoms with van der Waals surface area (Å²) in [6.45, 7) is 2.65. The van der Waals surface area contributed by atoms with Crippen molar-refractivity contribution in [1.29, 1.82) is 0 Å². The number of piperidine rings is 1. The van der Waals surface area contributed by atoms with E-state index in [1.165, 1.54) is 4.90 Å². The SMILES string of the molecule is CCOCC(=O)N1CCCC(F)(c2nc(-c3ccccc3)no2)C1. The van der Waals surface area contributed by atoms with Gasteiger partial charge in [0.2, 0.25) is 17.4 Å². The second kappa shape index (κ2) is 7.09. The predicted octanol–water partition coefficient (Wildman–Crippen LogP) is 2.56. The number of amides is 1. The summed E-state index contributed by atoms with van der Waals surface area (Å²) in [4.78, 5) is 17.7. The Labute approximate surface area is 139 Å². The molecule has 1 aromatic heterocycles. The minimum absolute atomic E-state index is 0.0360. The second-order valence-electron chi connectivity index (χ2n) is 5.81. The summed E-state index contributed by atoms with van der Waals surface area (Å²) in [6, 6.07) is 9.25. The van der Waals surface area contributed by atoms with Crippen LogP contribution in [0.1, 0.15) is 25.7 Å². The third kappa shape index (κ3) is 3.46. The number of hydrogen-bond acceptors (Lipinski definition) is 5. The van der Waals surface area contributed by atoms with Crippen molar-refractivity contribution in [2.24, 2.45) is 0 Å². The molecule has 7 heteroatoms. The van der Waals surface area contributed by atoms with Crippen LogP contribution in [0.15, 0.2) is 34.9 Å². The highest BCUT2D eigenvalue weighted by Crippen LogP contribution is 2.35. The molecule has 0 saturated carbocycles. The van der Waals surface area contributed by atoms with Gasteiger partial charge in [-0.3, -0.25) is 4.79 Å². The number of alkyl halides is 1. The average molecular weight is 333 g/mol. The van der Waals surface area contributed by atoms with Crippen molar-refractivity contribution in [3.63, 3.8) is 0 Å². The Balaban J connectivity index is 1.75. The zero-order valence-electron chi connectivity index (χ0n) is 13.6. The molecule has 0 spiro atoms. The first kappa shape index (κ1) is 16.6. The summed E-state index contributed by atoms with van der Waals surface area (Å²) in [5.41, 5.74) is -1.06. The van der Waals surface area contributed by atoms with Gasteiger partial charge in [0.15, 0.2) is 0 Å². The highest BCUT2D eigenvalue weighted by atomic mass is 19.1. The van der Waals surface area contributed by atoms with Gasteiger partial charge in [0.1, 0.15) is 6.61 Å². The molecule has 6 nitrogen and oxygen atoms in total. The van der Waals surface area contributed by atoms with Gasteiger partial charge in [0.25, 0.3) is 5.89 Å². The number of hydrogen-bond donors (Lipinski definition) is 0. The van der Waals surface area contributed by atoms with Crippen LogP contribution in [0.2, 0.25) is 0 Å². The molecule has 0 radical (unpaired) electrons. The molecule has 1 unspecified atom stereocenters. The van der Waals surface area contributed by atoms with Gasteiger partial charge in [-0.2, -0.15) is 4.98 Å². The Hall–Kier alpha value is -2.28. The van der Waals surface area contributed by atoms with E-state index in [1.54, 1.807) is 0 Å². The number of rotatable bonds is 5. The number of halogens is 1. The van der Waals surface area contributed by atoms with Crippen LogP contribution in [0.5, 0.6) is 0 Å². The summed E-state index contributed by atoms with van der Waals surface area (Å²) in [6.07, 6.45) is 0.791. The number of nitrogens with zero attached hydrogens (tertiary/aromatic N) is 3. The van der Waals surface area contributed by atoms with Crippen LogP contribution in [0.4, 0.5) is 4.39 Å². The normalized spacial score (nSPS) is 21.0. The standard InChI is InChI=1S/C17H20FN3O3/c1-2-23-11-14(22)21-10-6-9-17(18,12-21)16-19-15(20-24-16)13-7-4-3-5-8-13/h3-5,7-8H,2,6,9-12H2,1H3. The lowest BCUT2D eigenvalue weighted by molar-refractivity contribution is -0.141. The van der Waals surface area contributed by atoms with Crippen LogP contribution in [0.3, 0.4) is 0 Å². The van der Waals surface area contributed by atoms with E-state index in [0.29, 0.717) is 25.4 Å². The summed E-state index contributed by atoms with van der Waals surface area (Å²) < 4.78 is 25.6. The van der Waals surface area contributed by atoms with Gasteiger partial charge in [0.05, 0.1) is 6.54 Å². The number of likely N-dealkylation sites (tertiary alicyclic amines) is 1. The average Bonchev–Trinajstić information content (AvgIpc) is 3.11. The molecule has 1 aliphatic heterocycles. The fourth-order valence-corrected chi connectivity index (χ4v) is 2.79. The van der Waals surface area contributed by atoms with Gasteiger partial charge < -0.3 is 14.2 Å². The van der Waals surface area contributed by atoms with E-state index >= 15 is 4.39 Å². The van der Waals surface area contributed by atoms with Crippen molar-refractivity contribution in [2.45, 2.75) is 25.4 Å². The third-order valence-corrected chi connectivity index (χ3v) is 4.07. The Morgan fingerprint density at radius 2 is 2.21 bits per heavy atom. The van der Waals surface area contributed by atoms with Gasteiger partial charge in [-0.1, -0.05) is 35.5 Å². The van der Waals surface area contributed by atoms with Crippen molar-refractivity contribution < 1.29 is 18.4 Å². The second-order valence-corrected chi connectivity index (χ2v) is 5.81. The van der Waals surface area contributed by atoms with Gasteiger partial charge in [-0.05, 0) is 19.8 Å². The van der Waals surface area contributed by atoms with Gasteiger partial charge in [-0.15, -0.1) is 0 Å². The zero-order valence-corrected chi connectivity index (χ0v) is 13.6. The fourth-order valence-electron chi connectivity index (χ4n) is 2.79. The van der Waals surface area contributed by atoms with E-state index in [4.69, 9.17) is 9.26 Å². The van der Waals surface area contributed by atoms with E-state index in [1.807, 2.05) is 37.3 Å². The quantitative estimate of drug-likeness (QED) is 0.841. The first-order valence-corrected chi connectivity index (χ1v) is 8.06. The minimum Gasteiger partial charge on any atom is -0.372 e. The highest BCUT2D eigenvalue weighted by molar-refractivity contribution is 5.77. The Kier molecular flexibility index (Phi) is 4.89. The lowest BCUT2D eigenvalue weighted by atomic mass is 9.94. The van der Waals surface area contributed by atoms with E-state index < -0.39 is 5.67 Å². The molecular weight excluding hydrogens is 313 g/mol. The van der Waals surface area contributed by atoms with Crippen molar-refractivity contribution in [3.8, 4) is 11.4 Å². The predicted molar refractivity (Wildman–Crippen MR) is 84.8 cm³/mol. The summed E-state index contributed by atoms with van der Waals surface area (Å²) >= 11 is 0. The van der Waals surface area contributed by atoms with Gasteiger partial charge in [0, 0.05) is 18.7 Å². The van der Waals surface area contributed by atoms with Crippen LogP contribution < -0.4 is 0 Å². The maximum atomic E-state index is 15.3. The van der Waals surface area contributed by atoms with Crippen molar-refractivity contribution >= 4 is 5.91 Å². The molecule has 1 amide bonds. The van der Waals surface area contributed by atoms with Crippen LogP contribution >= 0.6 is 0 Å². The Morgan fingerprint density at radius 1 is 1.42 bits per heavy atom. The minimum atomic E-state index is -1.82. The van der Waals surface area contributed by atoms with Crippen LogP contribution in [-0.4, -0.2) is 47.3 Å². The molecule has 1 aromatic carbocycles. The molecule has 2 heterocycles. The molecule has 0 aliphatic carbocycles. The molecule has 1 aliphatic rings. The van der Waals surface area contributed by atoms with Crippen molar-refractivity contribution in [3.05, 3.63) is 36.2 Å². The van der Waals surface area contributed by atoms with Crippen molar-refractivity contribution in [2.75, 3.05) is 26.3 Å². The van der Waals surface area contributed by atoms with Crippen LogP contribution in [0, 0.1) is 0 Å². The molecule has 1 fully saturated rings. The summed E-state index contributed by atoms with van der Waals surface area (Å²) in [5, 5.41) is 3.87. The number of benzene rings is 1. The molecule has 3 rings (SSSR count). The van der Waals surface area contributed by atoms with E-state index in [-0.39, 0.29) is 31.4 Å². The molecule has 24 heavy (non-hydrogen) atoms. The van der Waals surface area contributed by atoms with Gasteiger partial charge in [-0.25, -0.2) is 4.39 Å². The lowest BCUT2D eigenvalue weighted by Gasteiger charge is -2.35. The smallest absolute Gasteiger partial charge is 0.266 e. The van der Waals surface area contributed by atoms with E-state index in [9.17, 15) is 4.79 Å². The summed E-state index contributed by atoms with van der Waals surface area (Å²) in [5.74, 6) is 0.0528. The van der Waals surface area contributed by atoms with E-state index in [0.717, 1.165) is 5.56 Å². The molecule has 2 aromatic rings. The number of carbonyl (C=O) groups is 1.